The van der Waals surface area contributed by atoms with Crippen LogP contribution in [0.5, 0.6) is 0 Å². The van der Waals surface area contributed by atoms with E-state index < -0.39 is 11.6 Å². The molecule has 0 unspecified atom stereocenters. The van der Waals surface area contributed by atoms with Gasteiger partial charge in [-0.1, -0.05) is 41.9 Å². The number of carbonyl (C=O) groups excluding carboxylic acids is 2. The standard InChI is InChI=1S/C15H11ClO2/c1-10(17)15(18)13-6-2-4-11(8-13)12-5-3-7-14(16)9-12/h2-9H,1H3. The van der Waals surface area contributed by atoms with Crippen molar-refractivity contribution in [3.8, 4) is 11.1 Å². The summed E-state index contributed by atoms with van der Waals surface area (Å²) in [5.41, 5.74) is 2.19. The predicted octanol–water partition coefficient (Wildman–Crippen LogP) is 3.78. The summed E-state index contributed by atoms with van der Waals surface area (Å²) >= 11 is 5.93. The van der Waals surface area contributed by atoms with E-state index in [-0.39, 0.29) is 0 Å². The summed E-state index contributed by atoms with van der Waals surface area (Å²) in [5.74, 6) is -0.933. The Kier molecular flexibility index (Phi) is 3.58. The topological polar surface area (TPSA) is 34.1 Å². The number of hydrogen-bond acceptors (Lipinski definition) is 2. The first-order valence-electron chi connectivity index (χ1n) is 5.49. The predicted molar refractivity (Wildman–Crippen MR) is 71.9 cm³/mol. The molecule has 0 bridgehead atoms. The van der Waals surface area contributed by atoms with Gasteiger partial charge in [-0.25, -0.2) is 0 Å². The van der Waals surface area contributed by atoms with Crippen LogP contribution in [0.3, 0.4) is 0 Å². The smallest absolute Gasteiger partial charge is 0.228 e. The van der Waals surface area contributed by atoms with E-state index in [0.717, 1.165) is 11.1 Å². The second-order valence-electron chi connectivity index (χ2n) is 3.98. The van der Waals surface area contributed by atoms with Gasteiger partial charge in [-0.15, -0.1) is 0 Å². The number of Topliss-reactive ketones (excluding diaryl/α,β-unsaturated/α-hetero) is 2. The van der Waals surface area contributed by atoms with Gasteiger partial charge in [-0.05, 0) is 29.3 Å². The molecule has 0 aliphatic rings. The molecule has 90 valence electrons. The van der Waals surface area contributed by atoms with Crippen molar-refractivity contribution < 1.29 is 9.59 Å². The fourth-order valence-electron chi connectivity index (χ4n) is 1.71. The SMILES string of the molecule is CC(=O)C(=O)c1cccc(-c2cccc(Cl)c2)c1. The van der Waals surface area contributed by atoms with Gasteiger partial charge in [-0.3, -0.25) is 9.59 Å². The van der Waals surface area contributed by atoms with Crippen molar-refractivity contribution in [1.82, 2.24) is 0 Å². The molecule has 0 radical (unpaired) electrons. The number of halogens is 1. The molecule has 2 rings (SSSR count). The van der Waals surface area contributed by atoms with Crippen LogP contribution in [0, 0.1) is 0 Å². The molecule has 0 aliphatic heterocycles. The molecule has 0 aromatic heterocycles. The van der Waals surface area contributed by atoms with E-state index >= 15 is 0 Å². The second-order valence-corrected chi connectivity index (χ2v) is 4.41. The fraction of sp³-hybridized carbons (Fsp3) is 0.0667. The molecular weight excluding hydrogens is 248 g/mol. The summed E-state index contributed by atoms with van der Waals surface area (Å²) in [4.78, 5) is 22.7. The monoisotopic (exact) mass is 258 g/mol. The van der Waals surface area contributed by atoms with Gasteiger partial charge in [0.2, 0.25) is 5.78 Å². The highest BCUT2D eigenvalue weighted by molar-refractivity contribution is 6.43. The third-order valence-corrected chi connectivity index (χ3v) is 2.84. The molecule has 0 saturated carbocycles. The summed E-state index contributed by atoms with van der Waals surface area (Å²) in [6.45, 7) is 1.27. The summed E-state index contributed by atoms with van der Waals surface area (Å²) in [5, 5.41) is 0.635. The minimum absolute atomic E-state index is 0.403. The van der Waals surface area contributed by atoms with Crippen molar-refractivity contribution in [3.63, 3.8) is 0 Å². The van der Waals surface area contributed by atoms with Gasteiger partial charge >= 0.3 is 0 Å². The summed E-state index contributed by atoms with van der Waals surface area (Å²) in [7, 11) is 0. The molecule has 0 atom stereocenters. The van der Waals surface area contributed by atoms with Crippen LogP contribution in [0.1, 0.15) is 17.3 Å². The molecule has 2 nitrogen and oxygen atoms in total. The number of rotatable bonds is 3. The van der Waals surface area contributed by atoms with E-state index in [1.54, 1.807) is 24.3 Å². The van der Waals surface area contributed by atoms with E-state index in [4.69, 9.17) is 11.6 Å². The zero-order valence-electron chi connectivity index (χ0n) is 9.81. The van der Waals surface area contributed by atoms with Crippen LogP contribution in [-0.4, -0.2) is 11.6 Å². The van der Waals surface area contributed by atoms with Crippen molar-refractivity contribution in [2.75, 3.05) is 0 Å². The average molecular weight is 259 g/mol. The van der Waals surface area contributed by atoms with E-state index in [1.165, 1.54) is 6.92 Å². The average Bonchev–Trinajstić information content (AvgIpc) is 2.38. The Morgan fingerprint density at radius 3 is 2.17 bits per heavy atom. The van der Waals surface area contributed by atoms with Crippen LogP contribution in [0.15, 0.2) is 48.5 Å². The van der Waals surface area contributed by atoms with Crippen LogP contribution in [-0.2, 0) is 4.79 Å². The Bertz CT molecular complexity index is 617. The lowest BCUT2D eigenvalue weighted by Crippen LogP contribution is -2.09. The van der Waals surface area contributed by atoms with Crippen LogP contribution >= 0.6 is 11.6 Å². The van der Waals surface area contributed by atoms with Crippen molar-refractivity contribution in [2.24, 2.45) is 0 Å². The van der Waals surface area contributed by atoms with E-state index in [2.05, 4.69) is 0 Å². The highest BCUT2D eigenvalue weighted by Crippen LogP contribution is 2.23. The Morgan fingerprint density at radius 1 is 0.944 bits per heavy atom. The molecule has 18 heavy (non-hydrogen) atoms. The normalized spacial score (nSPS) is 10.1. The van der Waals surface area contributed by atoms with Crippen molar-refractivity contribution >= 4 is 23.2 Å². The van der Waals surface area contributed by atoms with Gasteiger partial charge in [0.1, 0.15) is 0 Å². The van der Waals surface area contributed by atoms with Gasteiger partial charge in [0.15, 0.2) is 5.78 Å². The number of benzene rings is 2. The summed E-state index contributed by atoms with van der Waals surface area (Å²) in [6, 6.07) is 14.3. The van der Waals surface area contributed by atoms with Gasteiger partial charge < -0.3 is 0 Å². The minimum Gasteiger partial charge on any atom is -0.291 e. The third-order valence-electron chi connectivity index (χ3n) is 2.60. The maximum Gasteiger partial charge on any atom is 0.228 e. The maximum atomic E-state index is 11.6. The van der Waals surface area contributed by atoms with Gasteiger partial charge in [-0.2, -0.15) is 0 Å². The zero-order valence-corrected chi connectivity index (χ0v) is 10.6. The Labute approximate surface area is 110 Å². The highest BCUT2D eigenvalue weighted by atomic mass is 35.5. The molecule has 0 amide bonds. The number of carbonyl (C=O) groups is 2. The van der Waals surface area contributed by atoms with Crippen LogP contribution in [0.25, 0.3) is 11.1 Å². The lowest BCUT2D eigenvalue weighted by Gasteiger charge is -2.04. The molecule has 0 fully saturated rings. The van der Waals surface area contributed by atoms with Crippen LogP contribution in [0.2, 0.25) is 5.02 Å². The molecule has 0 spiro atoms. The lowest BCUT2D eigenvalue weighted by atomic mass is 10.0. The number of ketones is 2. The molecular formula is C15H11ClO2. The number of hydrogen-bond donors (Lipinski definition) is 0. The Balaban J connectivity index is 2.45. The first-order valence-corrected chi connectivity index (χ1v) is 5.87. The van der Waals surface area contributed by atoms with Gasteiger partial charge in [0.25, 0.3) is 0 Å². The first-order chi connectivity index (χ1) is 8.58. The van der Waals surface area contributed by atoms with E-state index in [9.17, 15) is 9.59 Å². The molecule has 0 aliphatic carbocycles. The minimum atomic E-state index is -0.473. The quantitative estimate of drug-likeness (QED) is 0.620. The van der Waals surface area contributed by atoms with Crippen molar-refractivity contribution in [1.29, 1.82) is 0 Å². The first kappa shape index (κ1) is 12.5. The molecule has 2 aromatic rings. The van der Waals surface area contributed by atoms with Crippen LogP contribution < -0.4 is 0 Å². The third kappa shape index (κ3) is 2.66. The molecule has 0 N–H and O–H groups in total. The molecule has 2 aromatic carbocycles. The van der Waals surface area contributed by atoms with Crippen LogP contribution in [0.4, 0.5) is 0 Å². The largest absolute Gasteiger partial charge is 0.291 e. The fourth-order valence-corrected chi connectivity index (χ4v) is 1.90. The Morgan fingerprint density at radius 2 is 1.56 bits per heavy atom. The van der Waals surface area contributed by atoms with Gasteiger partial charge in [0.05, 0.1) is 0 Å². The molecule has 0 heterocycles. The highest BCUT2D eigenvalue weighted by Gasteiger charge is 2.11. The van der Waals surface area contributed by atoms with E-state index in [1.807, 2.05) is 24.3 Å². The maximum absolute atomic E-state index is 11.6. The van der Waals surface area contributed by atoms with Crippen molar-refractivity contribution in [2.45, 2.75) is 6.92 Å². The molecule has 3 heteroatoms. The second kappa shape index (κ2) is 5.15. The lowest BCUT2D eigenvalue weighted by molar-refractivity contribution is -0.113. The van der Waals surface area contributed by atoms with Crippen molar-refractivity contribution in [3.05, 3.63) is 59.1 Å². The summed E-state index contributed by atoms with van der Waals surface area (Å²) < 4.78 is 0. The Hall–Kier alpha value is -1.93. The zero-order chi connectivity index (χ0) is 13.1. The van der Waals surface area contributed by atoms with Gasteiger partial charge in [0, 0.05) is 17.5 Å². The van der Waals surface area contributed by atoms with E-state index in [0.29, 0.717) is 10.6 Å². The molecule has 0 saturated heterocycles. The summed E-state index contributed by atoms with van der Waals surface area (Å²) in [6.07, 6.45) is 0.